The summed E-state index contributed by atoms with van der Waals surface area (Å²) in [6.07, 6.45) is 2.64. The molecule has 0 amide bonds. The van der Waals surface area contributed by atoms with Gasteiger partial charge in [0.05, 0.1) is 17.7 Å². The van der Waals surface area contributed by atoms with Gasteiger partial charge in [0, 0.05) is 16.8 Å². The number of thiophene rings is 1. The summed E-state index contributed by atoms with van der Waals surface area (Å²) in [6.45, 7) is 6.21. The Balaban J connectivity index is 2.10. The first-order valence-electron chi connectivity index (χ1n) is 6.30. The molecule has 1 aliphatic rings. The van der Waals surface area contributed by atoms with Gasteiger partial charge in [-0.3, -0.25) is 0 Å². The Morgan fingerprint density at radius 2 is 2.47 bits per heavy atom. The first-order valence-corrected chi connectivity index (χ1v) is 7.56. The molecule has 3 atom stereocenters. The van der Waals surface area contributed by atoms with E-state index in [0.717, 1.165) is 31.0 Å². The zero-order chi connectivity index (χ0) is 12.3. The number of rotatable bonds is 5. The van der Waals surface area contributed by atoms with E-state index in [9.17, 15) is 0 Å². The predicted octanol–water partition coefficient (Wildman–Crippen LogP) is 3.87. The molecule has 3 unspecified atom stereocenters. The minimum atomic E-state index is 0.354. The minimum absolute atomic E-state index is 0.354. The summed E-state index contributed by atoms with van der Waals surface area (Å²) in [5.74, 6) is 0.549. The van der Waals surface area contributed by atoms with Crippen LogP contribution in [0.25, 0.3) is 0 Å². The second kappa shape index (κ2) is 6.19. The average molecular weight is 274 g/mol. The van der Waals surface area contributed by atoms with Crippen molar-refractivity contribution in [1.82, 2.24) is 5.32 Å². The van der Waals surface area contributed by atoms with E-state index in [1.165, 1.54) is 4.88 Å². The van der Waals surface area contributed by atoms with Crippen molar-refractivity contribution in [3.8, 4) is 0 Å². The fourth-order valence-corrected chi connectivity index (χ4v) is 3.73. The molecule has 0 aliphatic carbocycles. The van der Waals surface area contributed by atoms with Crippen LogP contribution in [0, 0.1) is 5.92 Å². The van der Waals surface area contributed by atoms with Gasteiger partial charge < -0.3 is 10.1 Å². The zero-order valence-electron chi connectivity index (χ0n) is 10.4. The second-order valence-electron chi connectivity index (χ2n) is 4.70. The van der Waals surface area contributed by atoms with Gasteiger partial charge in [-0.05, 0) is 37.8 Å². The van der Waals surface area contributed by atoms with Crippen LogP contribution in [0.3, 0.4) is 0 Å². The molecule has 0 radical (unpaired) electrons. The van der Waals surface area contributed by atoms with Crippen LogP contribution in [-0.2, 0) is 4.74 Å². The maximum Gasteiger partial charge on any atom is 0.0561 e. The lowest BCUT2D eigenvalue weighted by Gasteiger charge is -2.23. The molecule has 17 heavy (non-hydrogen) atoms. The highest BCUT2D eigenvalue weighted by molar-refractivity contribution is 7.10. The van der Waals surface area contributed by atoms with Crippen LogP contribution in [0.2, 0.25) is 5.02 Å². The molecule has 2 rings (SSSR count). The zero-order valence-corrected chi connectivity index (χ0v) is 12.0. The van der Waals surface area contributed by atoms with E-state index in [-0.39, 0.29) is 0 Å². The van der Waals surface area contributed by atoms with E-state index in [2.05, 4.69) is 24.5 Å². The Kier molecular flexibility index (Phi) is 4.86. The first-order chi connectivity index (χ1) is 8.22. The molecule has 1 aromatic rings. The molecule has 0 spiro atoms. The van der Waals surface area contributed by atoms with Crippen molar-refractivity contribution in [3.05, 3.63) is 21.3 Å². The lowest BCUT2D eigenvalue weighted by Crippen LogP contribution is -2.29. The largest absolute Gasteiger partial charge is 0.378 e. The summed E-state index contributed by atoms with van der Waals surface area (Å²) >= 11 is 8.00. The van der Waals surface area contributed by atoms with Crippen molar-refractivity contribution >= 4 is 22.9 Å². The average Bonchev–Trinajstić information content (AvgIpc) is 2.90. The van der Waals surface area contributed by atoms with Gasteiger partial charge in [-0.15, -0.1) is 11.3 Å². The Morgan fingerprint density at radius 1 is 1.65 bits per heavy atom. The van der Waals surface area contributed by atoms with Gasteiger partial charge in [-0.1, -0.05) is 18.5 Å². The molecule has 1 aliphatic heterocycles. The van der Waals surface area contributed by atoms with Crippen LogP contribution < -0.4 is 5.32 Å². The van der Waals surface area contributed by atoms with E-state index < -0.39 is 0 Å². The quantitative estimate of drug-likeness (QED) is 0.879. The molecule has 4 heteroatoms. The molecule has 1 saturated heterocycles. The molecule has 2 heterocycles. The van der Waals surface area contributed by atoms with Crippen molar-refractivity contribution in [1.29, 1.82) is 0 Å². The van der Waals surface area contributed by atoms with Gasteiger partial charge in [-0.2, -0.15) is 0 Å². The van der Waals surface area contributed by atoms with Crippen LogP contribution >= 0.6 is 22.9 Å². The first kappa shape index (κ1) is 13.3. The monoisotopic (exact) mass is 273 g/mol. The summed E-state index contributed by atoms with van der Waals surface area (Å²) in [5, 5.41) is 6.58. The van der Waals surface area contributed by atoms with Crippen molar-refractivity contribution in [2.75, 3.05) is 13.2 Å². The SMILES string of the molecule is CCCNC(c1sccc1Cl)C1COC(C)C1. The van der Waals surface area contributed by atoms with Crippen molar-refractivity contribution in [3.63, 3.8) is 0 Å². The molecule has 1 aromatic heterocycles. The number of nitrogens with one attached hydrogen (secondary N) is 1. The maximum atomic E-state index is 6.26. The third-order valence-corrected chi connectivity index (χ3v) is 4.68. The highest BCUT2D eigenvalue weighted by Gasteiger charge is 2.31. The van der Waals surface area contributed by atoms with Crippen LogP contribution in [0.4, 0.5) is 0 Å². The Morgan fingerprint density at radius 3 is 3.00 bits per heavy atom. The molecule has 1 N–H and O–H groups in total. The van der Waals surface area contributed by atoms with Crippen molar-refractivity contribution in [2.24, 2.45) is 5.92 Å². The van der Waals surface area contributed by atoms with E-state index in [0.29, 0.717) is 18.1 Å². The molecular weight excluding hydrogens is 254 g/mol. The Hall–Kier alpha value is -0.0900. The summed E-state index contributed by atoms with van der Waals surface area (Å²) in [6, 6.07) is 2.34. The second-order valence-corrected chi connectivity index (χ2v) is 6.06. The number of ether oxygens (including phenoxy) is 1. The Bertz CT molecular complexity index is 355. The Labute approximate surface area is 112 Å². The minimum Gasteiger partial charge on any atom is -0.378 e. The number of hydrogen-bond acceptors (Lipinski definition) is 3. The number of halogens is 1. The lowest BCUT2D eigenvalue weighted by atomic mass is 9.95. The van der Waals surface area contributed by atoms with Gasteiger partial charge in [0.15, 0.2) is 0 Å². The maximum absolute atomic E-state index is 6.26. The van der Waals surface area contributed by atoms with Gasteiger partial charge in [0.25, 0.3) is 0 Å². The van der Waals surface area contributed by atoms with Crippen LogP contribution in [0.5, 0.6) is 0 Å². The number of hydrogen-bond donors (Lipinski definition) is 1. The van der Waals surface area contributed by atoms with Crippen LogP contribution in [0.15, 0.2) is 11.4 Å². The smallest absolute Gasteiger partial charge is 0.0561 e. The van der Waals surface area contributed by atoms with Gasteiger partial charge in [-0.25, -0.2) is 0 Å². The highest BCUT2D eigenvalue weighted by atomic mass is 35.5. The lowest BCUT2D eigenvalue weighted by molar-refractivity contribution is 0.117. The third-order valence-electron chi connectivity index (χ3n) is 3.24. The molecular formula is C13H20ClNOS. The highest BCUT2D eigenvalue weighted by Crippen LogP contribution is 2.37. The van der Waals surface area contributed by atoms with E-state index in [1.54, 1.807) is 11.3 Å². The van der Waals surface area contributed by atoms with Gasteiger partial charge in [0.1, 0.15) is 0 Å². The summed E-state index contributed by atoms with van der Waals surface area (Å²) in [4.78, 5) is 1.27. The molecule has 0 saturated carbocycles. The predicted molar refractivity (Wildman–Crippen MR) is 73.9 cm³/mol. The van der Waals surface area contributed by atoms with Gasteiger partial charge in [0.2, 0.25) is 0 Å². The standard InChI is InChI=1S/C13H20ClNOS/c1-3-5-15-12(10-7-9(2)16-8-10)13-11(14)4-6-17-13/h4,6,9-10,12,15H,3,5,7-8H2,1-2H3. The normalized spacial score (nSPS) is 26.3. The van der Waals surface area contributed by atoms with E-state index in [1.807, 2.05) is 6.07 Å². The van der Waals surface area contributed by atoms with E-state index >= 15 is 0 Å². The summed E-state index contributed by atoms with van der Waals surface area (Å²) in [5.41, 5.74) is 0. The van der Waals surface area contributed by atoms with Crippen molar-refractivity contribution < 1.29 is 4.74 Å². The van der Waals surface area contributed by atoms with Gasteiger partial charge >= 0.3 is 0 Å². The molecule has 0 bridgehead atoms. The van der Waals surface area contributed by atoms with Crippen molar-refractivity contribution in [2.45, 2.75) is 38.8 Å². The fourth-order valence-electron chi connectivity index (χ4n) is 2.38. The van der Waals surface area contributed by atoms with Crippen LogP contribution in [0.1, 0.15) is 37.6 Å². The van der Waals surface area contributed by atoms with E-state index in [4.69, 9.17) is 16.3 Å². The molecule has 2 nitrogen and oxygen atoms in total. The third kappa shape index (κ3) is 3.22. The summed E-state index contributed by atoms with van der Waals surface area (Å²) in [7, 11) is 0. The molecule has 96 valence electrons. The molecule has 1 fully saturated rings. The van der Waals surface area contributed by atoms with Crippen LogP contribution in [-0.4, -0.2) is 19.3 Å². The summed E-state index contributed by atoms with van der Waals surface area (Å²) < 4.78 is 5.69. The fraction of sp³-hybridized carbons (Fsp3) is 0.692. The molecule has 0 aromatic carbocycles. The topological polar surface area (TPSA) is 21.3 Å².